The Morgan fingerprint density at radius 1 is 1.26 bits per heavy atom. The number of nitrogens with two attached hydrogens (primary N) is 2. The summed E-state index contributed by atoms with van der Waals surface area (Å²) in [6.45, 7) is 5.49. The van der Waals surface area contributed by atoms with Crippen molar-refractivity contribution < 1.29 is 5.11 Å². The van der Waals surface area contributed by atoms with E-state index in [0.29, 0.717) is 23.1 Å². The molecule has 2 aliphatic heterocycles. The van der Waals surface area contributed by atoms with Crippen LogP contribution in [0.1, 0.15) is 48.2 Å². The molecule has 0 bridgehead atoms. The highest BCUT2D eigenvalue weighted by Crippen LogP contribution is 2.39. The largest absolute Gasteiger partial charge is 0.507 e. The molecule has 4 rings (SSSR count). The number of fused-ring (bicyclic) bond motifs is 1. The van der Waals surface area contributed by atoms with Gasteiger partial charge in [-0.15, -0.1) is 0 Å². The standard InChI is InChI=1S/C21H29N5O/c1-13-20-16(12-17(22)15-4-2-3-5-19(15)27)21(23)25-18(20)8-11-26(13)14-6-9-24-10-7-14/h2-5,12-14,24-25,27H,6-11,22-23H2,1H3/b17-12-. The number of H-pyrrole nitrogens is 1. The van der Waals surface area contributed by atoms with Crippen molar-refractivity contribution in [2.75, 3.05) is 25.4 Å². The highest BCUT2D eigenvalue weighted by Gasteiger charge is 2.33. The van der Waals surface area contributed by atoms with Gasteiger partial charge in [-0.25, -0.2) is 0 Å². The minimum atomic E-state index is 0.179. The van der Waals surface area contributed by atoms with Crippen molar-refractivity contribution >= 4 is 17.6 Å². The summed E-state index contributed by atoms with van der Waals surface area (Å²) in [7, 11) is 0. The number of anilines is 1. The maximum Gasteiger partial charge on any atom is 0.124 e. The Balaban J connectivity index is 1.69. The monoisotopic (exact) mass is 367 g/mol. The summed E-state index contributed by atoms with van der Waals surface area (Å²) in [4.78, 5) is 5.98. The van der Waals surface area contributed by atoms with Crippen LogP contribution in [0, 0.1) is 0 Å². The van der Waals surface area contributed by atoms with Gasteiger partial charge >= 0.3 is 0 Å². The van der Waals surface area contributed by atoms with E-state index >= 15 is 0 Å². The predicted octanol–water partition coefficient (Wildman–Crippen LogP) is 2.43. The van der Waals surface area contributed by atoms with Gasteiger partial charge in [0.1, 0.15) is 11.6 Å². The molecule has 1 aromatic carbocycles. The van der Waals surface area contributed by atoms with Gasteiger partial charge in [0.05, 0.1) is 0 Å². The number of benzene rings is 1. The minimum Gasteiger partial charge on any atom is -0.507 e. The van der Waals surface area contributed by atoms with E-state index in [1.807, 2.05) is 18.2 Å². The molecule has 1 fully saturated rings. The van der Waals surface area contributed by atoms with Crippen LogP contribution in [0.15, 0.2) is 24.3 Å². The Labute approximate surface area is 160 Å². The molecule has 1 atom stereocenters. The van der Waals surface area contributed by atoms with Gasteiger partial charge in [0.15, 0.2) is 0 Å². The molecule has 0 saturated carbocycles. The number of hydrogen-bond donors (Lipinski definition) is 5. The molecule has 1 aromatic heterocycles. The Kier molecular flexibility index (Phi) is 4.85. The van der Waals surface area contributed by atoms with E-state index in [-0.39, 0.29) is 11.8 Å². The molecule has 2 aromatic rings. The number of nitrogen functional groups attached to an aromatic ring is 1. The lowest BCUT2D eigenvalue weighted by atomic mass is 9.91. The van der Waals surface area contributed by atoms with Crippen LogP contribution in [0.2, 0.25) is 0 Å². The molecular weight excluding hydrogens is 338 g/mol. The molecule has 144 valence electrons. The van der Waals surface area contributed by atoms with Gasteiger partial charge < -0.3 is 26.9 Å². The van der Waals surface area contributed by atoms with Crippen molar-refractivity contribution in [2.45, 2.75) is 38.3 Å². The molecular formula is C21H29N5O. The van der Waals surface area contributed by atoms with Crippen molar-refractivity contribution in [3.05, 3.63) is 46.6 Å². The van der Waals surface area contributed by atoms with Gasteiger partial charge in [-0.3, -0.25) is 4.90 Å². The molecule has 0 amide bonds. The maximum absolute atomic E-state index is 10.1. The Morgan fingerprint density at radius 3 is 2.74 bits per heavy atom. The fourth-order valence-corrected chi connectivity index (χ4v) is 4.62. The van der Waals surface area contributed by atoms with Crippen molar-refractivity contribution in [3.63, 3.8) is 0 Å². The lowest BCUT2D eigenvalue weighted by Crippen LogP contribution is -2.46. The normalized spacial score (nSPS) is 22.0. The number of phenols is 1. The van der Waals surface area contributed by atoms with E-state index in [4.69, 9.17) is 11.5 Å². The van der Waals surface area contributed by atoms with Crippen LogP contribution in [0.5, 0.6) is 5.75 Å². The SMILES string of the molecule is CC1c2c([nH]c(N)c2/C=C(\N)c2ccccc2O)CCN1C1CCNCC1. The van der Waals surface area contributed by atoms with Gasteiger partial charge in [-0.1, -0.05) is 12.1 Å². The lowest BCUT2D eigenvalue weighted by Gasteiger charge is -2.41. The number of piperidine rings is 1. The number of para-hydroxylation sites is 1. The highest BCUT2D eigenvalue weighted by atomic mass is 16.3. The Bertz CT molecular complexity index is 850. The third-order valence-corrected chi connectivity index (χ3v) is 6.02. The summed E-state index contributed by atoms with van der Waals surface area (Å²) in [6, 6.07) is 8.02. The second kappa shape index (κ2) is 7.29. The molecule has 1 saturated heterocycles. The first kappa shape index (κ1) is 17.9. The van der Waals surface area contributed by atoms with Crippen LogP contribution in [0.4, 0.5) is 5.82 Å². The summed E-state index contributed by atoms with van der Waals surface area (Å²) in [6.07, 6.45) is 5.25. The van der Waals surface area contributed by atoms with Crippen molar-refractivity contribution in [1.82, 2.24) is 15.2 Å². The Morgan fingerprint density at radius 2 is 2.00 bits per heavy atom. The van der Waals surface area contributed by atoms with E-state index in [2.05, 4.69) is 22.1 Å². The maximum atomic E-state index is 10.1. The lowest BCUT2D eigenvalue weighted by molar-refractivity contribution is 0.108. The summed E-state index contributed by atoms with van der Waals surface area (Å²) in [5.74, 6) is 0.830. The molecule has 2 aliphatic rings. The van der Waals surface area contributed by atoms with Gasteiger partial charge in [-0.2, -0.15) is 0 Å². The summed E-state index contributed by atoms with van der Waals surface area (Å²) in [5.41, 5.74) is 17.2. The number of aromatic nitrogens is 1. The number of rotatable bonds is 3. The zero-order chi connectivity index (χ0) is 19.0. The first-order valence-corrected chi connectivity index (χ1v) is 9.78. The fraction of sp³-hybridized carbons (Fsp3) is 0.429. The van der Waals surface area contributed by atoms with E-state index in [1.165, 1.54) is 24.1 Å². The van der Waals surface area contributed by atoms with Crippen LogP contribution in [0.25, 0.3) is 11.8 Å². The van der Waals surface area contributed by atoms with Gasteiger partial charge in [0, 0.05) is 47.6 Å². The van der Waals surface area contributed by atoms with Gasteiger partial charge in [-0.05, 0) is 56.6 Å². The number of nitrogens with one attached hydrogen (secondary N) is 2. The summed E-state index contributed by atoms with van der Waals surface area (Å²) >= 11 is 0. The van der Waals surface area contributed by atoms with E-state index < -0.39 is 0 Å². The summed E-state index contributed by atoms with van der Waals surface area (Å²) < 4.78 is 0. The second-order valence-electron chi connectivity index (χ2n) is 7.61. The van der Waals surface area contributed by atoms with Crippen LogP contribution >= 0.6 is 0 Å². The second-order valence-corrected chi connectivity index (χ2v) is 7.61. The predicted molar refractivity (Wildman–Crippen MR) is 110 cm³/mol. The van der Waals surface area contributed by atoms with Crippen molar-refractivity contribution in [1.29, 1.82) is 0 Å². The molecule has 0 aliphatic carbocycles. The topological polar surface area (TPSA) is 103 Å². The summed E-state index contributed by atoms with van der Waals surface area (Å²) in [5, 5.41) is 13.6. The number of aromatic hydroxyl groups is 1. The van der Waals surface area contributed by atoms with Crippen molar-refractivity contribution in [2.24, 2.45) is 5.73 Å². The van der Waals surface area contributed by atoms with E-state index in [9.17, 15) is 5.11 Å². The molecule has 0 spiro atoms. The number of hydrogen-bond acceptors (Lipinski definition) is 5. The zero-order valence-electron chi connectivity index (χ0n) is 15.8. The van der Waals surface area contributed by atoms with Gasteiger partial charge in [0.25, 0.3) is 0 Å². The van der Waals surface area contributed by atoms with Gasteiger partial charge in [0.2, 0.25) is 0 Å². The molecule has 1 unspecified atom stereocenters. The molecule has 7 N–H and O–H groups in total. The number of aromatic amines is 1. The quantitative estimate of drug-likeness (QED) is 0.573. The van der Waals surface area contributed by atoms with Crippen LogP contribution in [-0.2, 0) is 6.42 Å². The first-order chi connectivity index (χ1) is 13.1. The third kappa shape index (κ3) is 3.31. The van der Waals surface area contributed by atoms with Crippen LogP contribution < -0.4 is 16.8 Å². The van der Waals surface area contributed by atoms with Crippen molar-refractivity contribution in [3.8, 4) is 5.75 Å². The highest BCUT2D eigenvalue weighted by molar-refractivity contribution is 5.86. The fourth-order valence-electron chi connectivity index (χ4n) is 4.62. The smallest absolute Gasteiger partial charge is 0.124 e. The molecule has 3 heterocycles. The third-order valence-electron chi connectivity index (χ3n) is 6.02. The van der Waals surface area contributed by atoms with E-state index in [1.54, 1.807) is 12.1 Å². The van der Waals surface area contributed by atoms with Crippen LogP contribution in [0.3, 0.4) is 0 Å². The zero-order valence-corrected chi connectivity index (χ0v) is 15.8. The Hall–Kier alpha value is -2.44. The average Bonchev–Trinajstić information content (AvgIpc) is 2.99. The van der Waals surface area contributed by atoms with E-state index in [0.717, 1.165) is 31.6 Å². The first-order valence-electron chi connectivity index (χ1n) is 9.78. The van der Waals surface area contributed by atoms with Crippen LogP contribution in [-0.4, -0.2) is 40.7 Å². The minimum absolute atomic E-state index is 0.179. The number of phenolic OH excluding ortho intramolecular Hbond substituents is 1. The average molecular weight is 367 g/mol. The molecule has 0 radical (unpaired) electrons. The molecule has 6 heteroatoms. The molecule has 27 heavy (non-hydrogen) atoms. The number of nitrogens with zero attached hydrogens (tertiary/aromatic N) is 1. The molecule has 6 nitrogen and oxygen atoms in total.